The summed E-state index contributed by atoms with van der Waals surface area (Å²) in [6.45, 7) is 0. The summed E-state index contributed by atoms with van der Waals surface area (Å²) in [5, 5.41) is 8.66. The first-order valence-corrected chi connectivity index (χ1v) is 5.08. The van der Waals surface area contributed by atoms with Crippen LogP contribution in [0.15, 0.2) is 16.6 Å². The number of nitrogens with zero attached hydrogens (tertiary/aromatic N) is 1. The minimum atomic E-state index is -4.51. The number of nitrogens with one attached hydrogen (secondary N) is 1. The van der Waals surface area contributed by atoms with Crippen molar-refractivity contribution < 1.29 is 23.1 Å². The molecule has 0 amide bonds. The number of rotatable bonds is 1. The van der Waals surface area contributed by atoms with E-state index in [1.165, 1.54) is 0 Å². The molecular formula is C9H4BrF3N2O2. The fourth-order valence-electron chi connectivity index (χ4n) is 1.35. The molecule has 0 fully saturated rings. The number of benzene rings is 1. The quantitative estimate of drug-likeness (QED) is 0.851. The fraction of sp³-hybridized carbons (Fsp3) is 0.111. The van der Waals surface area contributed by atoms with Gasteiger partial charge in [0.05, 0.1) is 16.6 Å². The number of carbonyl (C=O) groups is 1. The van der Waals surface area contributed by atoms with Gasteiger partial charge >= 0.3 is 12.1 Å². The van der Waals surface area contributed by atoms with Gasteiger partial charge in [0, 0.05) is 4.47 Å². The lowest BCUT2D eigenvalue weighted by molar-refractivity contribution is -0.138. The van der Waals surface area contributed by atoms with E-state index in [4.69, 9.17) is 5.11 Å². The van der Waals surface area contributed by atoms with Crippen molar-refractivity contribution in [2.24, 2.45) is 0 Å². The molecule has 0 saturated heterocycles. The molecule has 0 bridgehead atoms. The van der Waals surface area contributed by atoms with Crippen LogP contribution in [0.1, 0.15) is 16.2 Å². The Balaban J connectivity index is 2.68. The van der Waals surface area contributed by atoms with Crippen molar-refractivity contribution in [1.82, 2.24) is 9.97 Å². The minimum absolute atomic E-state index is 0.0259. The van der Waals surface area contributed by atoms with Crippen LogP contribution in [0.2, 0.25) is 0 Å². The van der Waals surface area contributed by atoms with Crippen LogP contribution in [-0.2, 0) is 6.18 Å². The molecule has 0 radical (unpaired) electrons. The lowest BCUT2D eigenvalue weighted by Gasteiger charge is -2.08. The maximum absolute atomic E-state index is 12.6. The smallest absolute Gasteiger partial charge is 0.417 e. The van der Waals surface area contributed by atoms with E-state index >= 15 is 0 Å². The average molecular weight is 309 g/mol. The third-order valence-corrected chi connectivity index (χ3v) is 2.73. The second kappa shape index (κ2) is 3.73. The molecule has 1 aromatic heterocycles. The van der Waals surface area contributed by atoms with Gasteiger partial charge in [-0.05, 0) is 12.1 Å². The SMILES string of the molecule is O=C(O)c1nc2cc(Br)c(C(F)(F)F)cc2[nH]1. The summed E-state index contributed by atoms with van der Waals surface area (Å²) in [6, 6.07) is 1.94. The predicted octanol–water partition coefficient (Wildman–Crippen LogP) is 3.04. The molecule has 0 spiro atoms. The van der Waals surface area contributed by atoms with E-state index in [0.29, 0.717) is 0 Å². The molecule has 90 valence electrons. The number of halogens is 4. The summed E-state index contributed by atoms with van der Waals surface area (Å²) >= 11 is 2.78. The van der Waals surface area contributed by atoms with Gasteiger partial charge in [-0.1, -0.05) is 15.9 Å². The van der Waals surface area contributed by atoms with Crippen LogP contribution in [0.4, 0.5) is 13.2 Å². The van der Waals surface area contributed by atoms with Gasteiger partial charge in [0.25, 0.3) is 0 Å². The zero-order valence-corrected chi connectivity index (χ0v) is 9.56. The van der Waals surface area contributed by atoms with E-state index in [2.05, 4.69) is 25.9 Å². The maximum Gasteiger partial charge on any atom is 0.417 e. The lowest BCUT2D eigenvalue weighted by atomic mass is 10.2. The summed E-state index contributed by atoms with van der Waals surface area (Å²) in [5.74, 6) is -1.72. The van der Waals surface area contributed by atoms with Crippen molar-refractivity contribution in [2.45, 2.75) is 6.18 Å². The highest BCUT2D eigenvalue weighted by Crippen LogP contribution is 2.36. The third kappa shape index (κ3) is 2.12. The van der Waals surface area contributed by atoms with Gasteiger partial charge < -0.3 is 10.1 Å². The third-order valence-electron chi connectivity index (χ3n) is 2.08. The van der Waals surface area contributed by atoms with Crippen LogP contribution < -0.4 is 0 Å². The van der Waals surface area contributed by atoms with Gasteiger partial charge in [0.15, 0.2) is 0 Å². The van der Waals surface area contributed by atoms with Gasteiger partial charge in [-0.3, -0.25) is 0 Å². The summed E-state index contributed by atoms with van der Waals surface area (Å²) < 4.78 is 37.5. The van der Waals surface area contributed by atoms with Gasteiger partial charge in [-0.25, -0.2) is 9.78 Å². The van der Waals surface area contributed by atoms with Crippen molar-refractivity contribution in [1.29, 1.82) is 0 Å². The molecule has 17 heavy (non-hydrogen) atoms. The number of alkyl halides is 3. The van der Waals surface area contributed by atoms with E-state index < -0.39 is 23.5 Å². The molecule has 1 aromatic carbocycles. The van der Waals surface area contributed by atoms with E-state index in [1.807, 2.05) is 0 Å². The van der Waals surface area contributed by atoms with Crippen LogP contribution in [0.5, 0.6) is 0 Å². The van der Waals surface area contributed by atoms with Gasteiger partial charge in [-0.2, -0.15) is 13.2 Å². The molecule has 0 aliphatic heterocycles. The highest BCUT2D eigenvalue weighted by Gasteiger charge is 2.33. The molecule has 2 aromatic rings. The largest absolute Gasteiger partial charge is 0.475 e. The summed E-state index contributed by atoms with van der Waals surface area (Å²) in [5.41, 5.74) is -0.703. The standard InChI is InChI=1S/C9H4BrF3N2O2/c10-4-2-6-5(1-3(4)9(11,12)13)14-7(15-6)8(16)17/h1-2H,(H,14,15)(H,16,17). The zero-order valence-electron chi connectivity index (χ0n) is 7.97. The average Bonchev–Trinajstić information content (AvgIpc) is 2.57. The van der Waals surface area contributed by atoms with Crippen molar-refractivity contribution >= 4 is 32.9 Å². The molecule has 0 aliphatic carbocycles. The highest BCUT2D eigenvalue weighted by molar-refractivity contribution is 9.10. The minimum Gasteiger partial charge on any atom is -0.475 e. The Kier molecular flexibility index (Phi) is 2.61. The number of fused-ring (bicyclic) bond motifs is 1. The second-order valence-electron chi connectivity index (χ2n) is 3.24. The number of H-pyrrole nitrogens is 1. The predicted molar refractivity (Wildman–Crippen MR) is 55.8 cm³/mol. The molecule has 0 aliphatic rings. The van der Waals surface area contributed by atoms with Crippen LogP contribution in [0.3, 0.4) is 0 Å². The second-order valence-corrected chi connectivity index (χ2v) is 4.09. The number of aromatic carboxylic acids is 1. The van der Waals surface area contributed by atoms with Crippen LogP contribution in [-0.4, -0.2) is 21.0 Å². The van der Waals surface area contributed by atoms with Crippen LogP contribution >= 0.6 is 15.9 Å². The first-order chi connectivity index (χ1) is 7.79. The number of carboxylic acids is 1. The molecular weight excluding hydrogens is 305 g/mol. The molecule has 4 nitrogen and oxygen atoms in total. The number of hydrogen-bond acceptors (Lipinski definition) is 2. The Labute approximate surface area is 101 Å². The molecule has 2 N–H and O–H groups in total. The van der Waals surface area contributed by atoms with Crippen LogP contribution in [0.25, 0.3) is 11.0 Å². The van der Waals surface area contributed by atoms with Crippen LogP contribution in [0, 0.1) is 0 Å². The van der Waals surface area contributed by atoms with E-state index in [-0.39, 0.29) is 15.5 Å². The number of imidazole rings is 1. The van der Waals surface area contributed by atoms with E-state index in [9.17, 15) is 18.0 Å². The molecule has 1 heterocycles. The summed E-state index contributed by atoms with van der Waals surface area (Å²) in [6.07, 6.45) is -4.51. The molecule has 2 rings (SSSR count). The fourth-order valence-corrected chi connectivity index (χ4v) is 1.91. The monoisotopic (exact) mass is 308 g/mol. The topological polar surface area (TPSA) is 66.0 Å². The normalized spacial score (nSPS) is 12.0. The summed E-state index contributed by atoms with van der Waals surface area (Å²) in [7, 11) is 0. The Morgan fingerprint density at radius 3 is 2.59 bits per heavy atom. The van der Waals surface area contributed by atoms with Gasteiger partial charge in [0.1, 0.15) is 0 Å². The Bertz CT molecular complexity index is 606. The number of aromatic nitrogens is 2. The molecule has 8 heteroatoms. The van der Waals surface area contributed by atoms with E-state index in [1.54, 1.807) is 0 Å². The molecule has 0 unspecified atom stereocenters. The van der Waals surface area contributed by atoms with Crippen molar-refractivity contribution in [3.63, 3.8) is 0 Å². The Morgan fingerprint density at radius 2 is 2.06 bits per heavy atom. The van der Waals surface area contributed by atoms with Crippen molar-refractivity contribution in [3.8, 4) is 0 Å². The summed E-state index contributed by atoms with van der Waals surface area (Å²) in [4.78, 5) is 16.6. The van der Waals surface area contributed by atoms with Crippen molar-refractivity contribution in [2.75, 3.05) is 0 Å². The Hall–Kier alpha value is -1.57. The van der Waals surface area contributed by atoms with Crippen molar-refractivity contribution in [3.05, 3.63) is 28.0 Å². The first-order valence-electron chi connectivity index (χ1n) is 4.29. The number of carboxylic acid groups (broad SMARTS) is 1. The lowest BCUT2D eigenvalue weighted by Crippen LogP contribution is -2.05. The number of aromatic amines is 1. The maximum atomic E-state index is 12.6. The van der Waals surface area contributed by atoms with Gasteiger partial charge in [0.2, 0.25) is 5.82 Å². The van der Waals surface area contributed by atoms with Gasteiger partial charge in [-0.15, -0.1) is 0 Å². The molecule has 0 atom stereocenters. The molecule has 0 saturated carbocycles. The van der Waals surface area contributed by atoms with E-state index in [0.717, 1.165) is 12.1 Å². The zero-order chi connectivity index (χ0) is 12.8. The number of hydrogen-bond donors (Lipinski definition) is 2. The first kappa shape index (κ1) is 11.9. The highest BCUT2D eigenvalue weighted by atomic mass is 79.9. The Morgan fingerprint density at radius 1 is 1.41 bits per heavy atom.